The molecule has 1 saturated heterocycles. The molecule has 2 atom stereocenters. The number of benzene rings is 1. The molecule has 3 heteroatoms. The molecule has 1 aromatic rings. The minimum Gasteiger partial charge on any atom is -0.368 e. The molecule has 0 bridgehead atoms. The number of anilines is 1. The molecule has 1 aliphatic carbocycles. The second-order valence-corrected chi connectivity index (χ2v) is 5.93. The third-order valence-electron chi connectivity index (χ3n) is 4.83. The smallest absolute Gasteiger partial charge is 0.129 e. The van der Waals surface area contributed by atoms with Gasteiger partial charge in [0, 0.05) is 30.4 Å². The summed E-state index contributed by atoms with van der Waals surface area (Å²) in [6, 6.07) is 6.20. The van der Waals surface area contributed by atoms with Gasteiger partial charge in [0.1, 0.15) is 5.82 Å². The van der Waals surface area contributed by atoms with Crippen LogP contribution in [-0.2, 0) is 6.54 Å². The number of hydrogen-bond acceptors (Lipinski definition) is 2. The van der Waals surface area contributed by atoms with E-state index in [1.54, 1.807) is 6.07 Å². The zero-order valence-corrected chi connectivity index (χ0v) is 11.4. The Morgan fingerprint density at radius 1 is 1.16 bits per heavy atom. The Labute approximate surface area is 114 Å². The van der Waals surface area contributed by atoms with Gasteiger partial charge in [-0.25, -0.2) is 4.39 Å². The molecule has 0 amide bonds. The Morgan fingerprint density at radius 3 is 2.74 bits per heavy atom. The van der Waals surface area contributed by atoms with Crippen molar-refractivity contribution in [1.29, 1.82) is 0 Å². The van der Waals surface area contributed by atoms with E-state index in [9.17, 15) is 4.39 Å². The van der Waals surface area contributed by atoms with Crippen molar-refractivity contribution in [3.05, 3.63) is 29.6 Å². The third-order valence-corrected chi connectivity index (χ3v) is 4.83. The van der Waals surface area contributed by atoms with E-state index < -0.39 is 0 Å². The van der Waals surface area contributed by atoms with Crippen molar-refractivity contribution in [3.8, 4) is 0 Å². The largest absolute Gasteiger partial charge is 0.368 e. The van der Waals surface area contributed by atoms with Crippen LogP contribution >= 0.6 is 0 Å². The first kappa shape index (κ1) is 12.9. The highest BCUT2D eigenvalue weighted by molar-refractivity contribution is 5.50. The van der Waals surface area contributed by atoms with E-state index >= 15 is 0 Å². The molecule has 19 heavy (non-hydrogen) atoms. The van der Waals surface area contributed by atoms with Crippen LogP contribution in [0.25, 0.3) is 0 Å². The number of rotatable bonds is 2. The van der Waals surface area contributed by atoms with Crippen LogP contribution in [0, 0.1) is 11.7 Å². The maximum Gasteiger partial charge on any atom is 0.129 e. The Hall–Kier alpha value is -1.09. The molecule has 2 fully saturated rings. The normalized spacial score (nSPS) is 27.2. The molecule has 1 aliphatic heterocycles. The number of nitrogens with two attached hydrogens (primary N) is 1. The van der Waals surface area contributed by atoms with Gasteiger partial charge in [-0.1, -0.05) is 18.9 Å². The van der Waals surface area contributed by atoms with Crippen LogP contribution in [0.4, 0.5) is 10.1 Å². The van der Waals surface area contributed by atoms with Crippen LogP contribution in [0.3, 0.4) is 0 Å². The molecule has 2 N–H and O–H groups in total. The van der Waals surface area contributed by atoms with Crippen LogP contribution in [0.1, 0.15) is 44.1 Å². The summed E-state index contributed by atoms with van der Waals surface area (Å²) in [4.78, 5) is 2.44. The van der Waals surface area contributed by atoms with E-state index in [0.29, 0.717) is 11.6 Å². The van der Waals surface area contributed by atoms with Crippen LogP contribution in [0.5, 0.6) is 0 Å². The van der Waals surface area contributed by atoms with Crippen molar-refractivity contribution in [2.24, 2.45) is 11.7 Å². The maximum atomic E-state index is 13.9. The summed E-state index contributed by atoms with van der Waals surface area (Å²) in [6.07, 6.45) is 7.90. The summed E-state index contributed by atoms with van der Waals surface area (Å²) < 4.78 is 13.9. The molecule has 2 nitrogen and oxygen atoms in total. The van der Waals surface area contributed by atoms with E-state index in [1.165, 1.54) is 38.5 Å². The standard InChI is InChI=1S/C16H23FN2/c17-15-10-14(8-7-13(15)11-18)19-9-3-5-12-4-1-2-6-16(12)19/h7-8,10,12,16H,1-6,9,11,18H2/t12-,16-/m1/s1. The van der Waals surface area contributed by atoms with Crippen molar-refractivity contribution >= 4 is 5.69 Å². The molecule has 0 unspecified atom stereocenters. The van der Waals surface area contributed by atoms with Gasteiger partial charge in [0.05, 0.1) is 0 Å². The summed E-state index contributed by atoms with van der Waals surface area (Å²) in [7, 11) is 0. The lowest BCUT2D eigenvalue weighted by atomic mass is 9.78. The van der Waals surface area contributed by atoms with E-state index in [2.05, 4.69) is 4.90 Å². The topological polar surface area (TPSA) is 29.3 Å². The van der Waals surface area contributed by atoms with Gasteiger partial charge in [0.25, 0.3) is 0 Å². The summed E-state index contributed by atoms with van der Waals surface area (Å²) in [5.74, 6) is 0.665. The quantitative estimate of drug-likeness (QED) is 0.884. The van der Waals surface area contributed by atoms with Crippen molar-refractivity contribution in [1.82, 2.24) is 0 Å². The van der Waals surface area contributed by atoms with Crippen LogP contribution in [-0.4, -0.2) is 12.6 Å². The van der Waals surface area contributed by atoms with Crippen molar-refractivity contribution < 1.29 is 4.39 Å². The van der Waals surface area contributed by atoms with Crippen LogP contribution in [0.2, 0.25) is 0 Å². The zero-order chi connectivity index (χ0) is 13.2. The summed E-state index contributed by atoms with van der Waals surface area (Å²) in [5, 5.41) is 0. The van der Waals surface area contributed by atoms with Crippen molar-refractivity contribution in [2.75, 3.05) is 11.4 Å². The molecule has 0 radical (unpaired) electrons. The highest BCUT2D eigenvalue weighted by Gasteiger charge is 2.33. The third kappa shape index (κ3) is 2.48. The molecule has 1 heterocycles. The molecule has 3 rings (SSSR count). The van der Waals surface area contributed by atoms with Gasteiger partial charge in [-0.05, 0) is 43.7 Å². The number of nitrogens with zero attached hydrogens (tertiary/aromatic N) is 1. The highest BCUT2D eigenvalue weighted by Crippen LogP contribution is 2.37. The Kier molecular flexibility index (Phi) is 3.74. The van der Waals surface area contributed by atoms with Crippen molar-refractivity contribution in [2.45, 2.75) is 51.1 Å². The Bertz CT molecular complexity index is 444. The van der Waals surface area contributed by atoms with E-state index in [1.807, 2.05) is 12.1 Å². The van der Waals surface area contributed by atoms with Crippen molar-refractivity contribution in [3.63, 3.8) is 0 Å². The predicted molar refractivity (Wildman–Crippen MR) is 76.6 cm³/mol. The zero-order valence-electron chi connectivity index (χ0n) is 11.4. The van der Waals surface area contributed by atoms with Gasteiger partial charge in [-0.15, -0.1) is 0 Å². The molecule has 1 saturated carbocycles. The molecular formula is C16H23FN2. The number of halogens is 1. The first-order chi connectivity index (χ1) is 9.29. The second-order valence-electron chi connectivity index (χ2n) is 5.93. The predicted octanol–water partition coefficient (Wildman–Crippen LogP) is 3.44. The number of piperidine rings is 1. The van der Waals surface area contributed by atoms with E-state index in [4.69, 9.17) is 5.73 Å². The molecular weight excluding hydrogens is 239 g/mol. The van der Waals surface area contributed by atoms with Crippen LogP contribution in [0.15, 0.2) is 18.2 Å². The molecule has 104 valence electrons. The number of hydrogen-bond donors (Lipinski definition) is 1. The fourth-order valence-electron chi connectivity index (χ4n) is 3.83. The van der Waals surface area contributed by atoms with Crippen LogP contribution < -0.4 is 10.6 Å². The monoisotopic (exact) mass is 262 g/mol. The molecule has 0 spiro atoms. The van der Waals surface area contributed by atoms with Gasteiger partial charge >= 0.3 is 0 Å². The lowest BCUT2D eigenvalue weighted by Gasteiger charge is -2.45. The molecule has 2 aliphatic rings. The van der Waals surface area contributed by atoms with Gasteiger partial charge < -0.3 is 10.6 Å². The minimum atomic E-state index is -0.155. The minimum absolute atomic E-state index is 0.155. The average molecular weight is 262 g/mol. The average Bonchev–Trinajstić information content (AvgIpc) is 2.46. The van der Waals surface area contributed by atoms with Gasteiger partial charge in [-0.3, -0.25) is 0 Å². The number of fused-ring (bicyclic) bond motifs is 1. The Morgan fingerprint density at radius 2 is 1.95 bits per heavy atom. The first-order valence-corrected chi connectivity index (χ1v) is 7.54. The summed E-state index contributed by atoms with van der Waals surface area (Å²) in [5.41, 5.74) is 7.19. The van der Waals surface area contributed by atoms with Gasteiger partial charge in [0.15, 0.2) is 0 Å². The highest BCUT2D eigenvalue weighted by atomic mass is 19.1. The lowest BCUT2D eigenvalue weighted by Crippen LogP contribution is -2.46. The van der Waals surface area contributed by atoms with E-state index in [-0.39, 0.29) is 12.4 Å². The maximum absolute atomic E-state index is 13.9. The SMILES string of the molecule is NCc1ccc(N2CCC[C@H]3CCCC[C@H]32)cc1F. The van der Waals surface area contributed by atoms with E-state index in [0.717, 1.165) is 18.2 Å². The second kappa shape index (κ2) is 5.49. The lowest BCUT2D eigenvalue weighted by molar-refractivity contribution is 0.243. The molecule has 1 aromatic carbocycles. The van der Waals surface area contributed by atoms with Gasteiger partial charge in [0.2, 0.25) is 0 Å². The summed E-state index contributed by atoms with van der Waals surface area (Å²) in [6.45, 7) is 1.35. The Balaban J connectivity index is 1.85. The fourth-order valence-corrected chi connectivity index (χ4v) is 3.83. The molecule has 0 aromatic heterocycles. The summed E-state index contributed by atoms with van der Waals surface area (Å²) >= 11 is 0. The fraction of sp³-hybridized carbons (Fsp3) is 0.625. The van der Waals surface area contributed by atoms with Gasteiger partial charge in [-0.2, -0.15) is 0 Å². The first-order valence-electron chi connectivity index (χ1n) is 7.54.